The Kier molecular flexibility index (Phi) is 2.02. The number of nitro groups is 1. The molecule has 19 heavy (non-hydrogen) atoms. The summed E-state index contributed by atoms with van der Waals surface area (Å²) in [6.45, 7) is 0. The van der Waals surface area contributed by atoms with Crippen molar-refractivity contribution in [3.8, 4) is 0 Å². The van der Waals surface area contributed by atoms with Crippen molar-refractivity contribution in [3.63, 3.8) is 0 Å². The summed E-state index contributed by atoms with van der Waals surface area (Å²) in [6.07, 6.45) is 6.77. The maximum absolute atomic E-state index is 11.1. The molecular formula is C13H17N3O3. The van der Waals surface area contributed by atoms with Gasteiger partial charge in [-0.05, 0) is 50.4 Å². The van der Waals surface area contributed by atoms with Gasteiger partial charge in [-0.15, -0.1) is 0 Å². The Morgan fingerprint density at radius 1 is 1.37 bits per heavy atom. The van der Waals surface area contributed by atoms with Gasteiger partial charge >= 0.3 is 5.69 Å². The Hall–Kier alpha value is -1.43. The summed E-state index contributed by atoms with van der Waals surface area (Å²) in [4.78, 5) is 10.8. The third-order valence-electron chi connectivity index (χ3n) is 5.38. The summed E-state index contributed by atoms with van der Waals surface area (Å²) in [7, 11) is 0. The molecule has 102 valence electrons. The molecule has 4 saturated carbocycles. The Labute approximate surface area is 110 Å². The highest BCUT2D eigenvalue weighted by Crippen LogP contribution is 2.62. The second-order valence-electron chi connectivity index (χ2n) is 6.85. The average molecular weight is 263 g/mol. The Balaban J connectivity index is 1.81. The molecule has 0 aromatic carbocycles. The molecule has 4 fully saturated rings. The third-order valence-corrected chi connectivity index (χ3v) is 5.38. The first-order chi connectivity index (χ1) is 9.00. The predicted octanol–water partition coefficient (Wildman–Crippen LogP) is 1.90. The summed E-state index contributed by atoms with van der Waals surface area (Å²) in [5.74, 6) is 1.02. The van der Waals surface area contributed by atoms with E-state index in [-0.39, 0.29) is 16.0 Å². The zero-order valence-corrected chi connectivity index (χ0v) is 10.6. The van der Waals surface area contributed by atoms with Gasteiger partial charge in [-0.1, -0.05) is 0 Å². The van der Waals surface area contributed by atoms with Crippen LogP contribution in [-0.2, 0) is 5.41 Å². The largest absolute Gasteiger partial charge is 0.390 e. The molecule has 4 atom stereocenters. The van der Waals surface area contributed by atoms with Crippen molar-refractivity contribution >= 4 is 5.69 Å². The van der Waals surface area contributed by atoms with Gasteiger partial charge in [0.2, 0.25) is 0 Å². The highest BCUT2D eigenvalue weighted by atomic mass is 16.6. The van der Waals surface area contributed by atoms with E-state index in [1.165, 1.54) is 12.6 Å². The number of aliphatic hydroxyl groups is 1. The number of nitrogens with zero attached hydrogens (tertiary/aromatic N) is 2. The fourth-order valence-electron chi connectivity index (χ4n) is 5.32. The van der Waals surface area contributed by atoms with Crippen molar-refractivity contribution in [2.45, 2.75) is 49.5 Å². The van der Waals surface area contributed by atoms with Gasteiger partial charge in [0.25, 0.3) is 0 Å². The Bertz CT molecular complexity index is 539. The van der Waals surface area contributed by atoms with Crippen molar-refractivity contribution in [1.29, 1.82) is 0 Å². The van der Waals surface area contributed by atoms with Gasteiger partial charge in [0, 0.05) is 5.41 Å². The highest BCUT2D eigenvalue weighted by Gasteiger charge is 2.59. The molecule has 2 unspecified atom stereocenters. The van der Waals surface area contributed by atoms with Crippen LogP contribution >= 0.6 is 0 Å². The van der Waals surface area contributed by atoms with E-state index in [1.54, 1.807) is 0 Å². The van der Waals surface area contributed by atoms with Crippen molar-refractivity contribution in [2.24, 2.45) is 11.8 Å². The van der Waals surface area contributed by atoms with Crippen LogP contribution < -0.4 is 0 Å². The molecule has 1 aromatic heterocycles. The maximum atomic E-state index is 11.1. The van der Waals surface area contributed by atoms with Crippen molar-refractivity contribution in [1.82, 2.24) is 10.2 Å². The summed E-state index contributed by atoms with van der Waals surface area (Å²) in [5, 5.41) is 28.6. The fourth-order valence-corrected chi connectivity index (χ4v) is 5.32. The van der Waals surface area contributed by atoms with Crippen LogP contribution in [0.2, 0.25) is 0 Å². The van der Waals surface area contributed by atoms with Gasteiger partial charge in [-0.2, -0.15) is 5.10 Å². The fraction of sp³-hybridized carbons (Fsp3) is 0.769. The zero-order chi connectivity index (χ0) is 13.3. The molecule has 4 aliphatic carbocycles. The van der Waals surface area contributed by atoms with E-state index in [2.05, 4.69) is 10.2 Å². The third kappa shape index (κ3) is 1.49. The highest BCUT2D eigenvalue weighted by molar-refractivity contribution is 5.40. The first-order valence-electron chi connectivity index (χ1n) is 6.90. The molecule has 1 heterocycles. The van der Waals surface area contributed by atoms with E-state index in [0.29, 0.717) is 24.0 Å². The van der Waals surface area contributed by atoms with E-state index >= 15 is 0 Å². The van der Waals surface area contributed by atoms with Crippen LogP contribution in [0.25, 0.3) is 0 Å². The molecule has 0 spiro atoms. The molecule has 0 saturated heterocycles. The van der Waals surface area contributed by atoms with Crippen LogP contribution in [0.3, 0.4) is 0 Å². The SMILES string of the molecule is O=[N+]([O-])c1cn[nH]c1C12C[C@@H]3C[C@@H](CC(O)(C3)C1)C2. The second-order valence-corrected chi connectivity index (χ2v) is 6.85. The standard InChI is InChI=1S/C13H17N3O3/c17-13-4-8-1-9(5-13)3-12(2-8,7-13)11-10(16(18)19)6-14-15-11/h6,8-9,17H,1-5,7H2,(H,14,15)/t8-,9+,12?,13?. The molecule has 0 aliphatic heterocycles. The molecule has 4 aliphatic rings. The van der Waals surface area contributed by atoms with E-state index in [9.17, 15) is 15.2 Å². The number of aromatic amines is 1. The number of rotatable bonds is 2. The topological polar surface area (TPSA) is 92.0 Å². The number of H-pyrrole nitrogens is 1. The zero-order valence-electron chi connectivity index (χ0n) is 10.6. The van der Waals surface area contributed by atoms with Gasteiger partial charge in [0.15, 0.2) is 0 Å². The van der Waals surface area contributed by atoms with Crippen molar-refractivity contribution in [3.05, 3.63) is 22.0 Å². The smallest absolute Gasteiger partial charge is 0.310 e. The number of hydrogen-bond donors (Lipinski definition) is 2. The van der Waals surface area contributed by atoms with Gasteiger partial charge in [0.05, 0.1) is 10.5 Å². The van der Waals surface area contributed by atoms with Crippen LogP contribution in [0.5, 0.6) is 0 Å². The molecular weight excluding hydrogens is 246 g/mol. The van der Waals surface area contributed by atoms with Crippen LogP contribution in [0.1, 0.15) is 44.2 Å². The van der Waals surface area contributed by atoms with Gasteiger partial charge in [0.1, 0.15) is 11.9 Å². The van der Waals surface area contributed by atoms with Crippen LogP contribution in [-0.4, -0.2) is 25.8 Å². The lowest BCUT2D eigenvalue weighted by atomic mass is 9.47. The Morgan fingerprint density at radius 3 is 2.63 bits per heavy atom. The van der Waals surface area contributed by atoms with E-state index < -0.39 is 5.60 Å². The summed E-state index contributed by atoms with van der Waals surface area (Å²) in [5.41, 5.74) is -0.128. The van der Waals surface area contributed by atoms with E-state index in [1.807, 2.05) is 0 Å². The van der Waals surface area contributed by atoms with Gasteiger partial charge < -0.3 is 5.11 Å². The summed E-state index contributed by atoms with van der Waals surface area (Å²) >= 11 is 0. The number of hydrogen-bond acceptors (Lipinski definition) is 4. The monoisotopic (exact) mass is 263 g/mol. The number of nitrogens with one attached hydrogen (secondary N) is 1. The first-order valence-corrected chi connectivity index (χ1v) is 6.90. The molecule has 6 heteroatoms. The maximum Gasteiger partial charge on any atom is 0.310 e. The van der Waals surface area contributed by atoms with Crippen LogP contribution in [0.4, 0.5) is 5.69 Å². The van der Waals surface area contributed by atoms with Gasteiger partial charge in [-0.3, -0.25) is 15.2 Å². The van der Waals surface area contributed by atoms with Gasteiger partial charge in [-0.25, -0.2) is 0 Å². The molecule has 2 N–H and O–H groups in total. The minimum absolute atomic E-state index is 0.0885. The second kappa shape index (κ2) is 3.36. The predicted molar refractivity (Wildman–Crippen MR) is 66.6 cm³/mol. The lowest BCUT2D eigenvalue weighted by Crippen LogP contribution is -2.57. The average Bonchev–Trinajstić information content (AvgIpc) is 2.74. The molecule has 0 amide bonds. The quantitative estimate of drug-likeness (QED) is 0.629. The minimum Gasteiger partial charge on any atom is -0.390 e. The first kappa shape index (κ1) is 11.4. The molecule has 4 bridgehead atoms. The molecule has 1 aromatic rings. The normalized spacial score (nSPS) is 43.6. The molecule has 5 rings (SSSR count). The minimum atomic E-state index is -0.608. The van der Waals surface area contributed by atoms with E-state index in [0.717, 1.165) is 25.7 Å². The Morgan fingerprint density at radius 2 is 2.05 bits per heavy atom. The lowest BCUT2D eigenvalue weighted by Gasteiger charge is -2.59. The molecule has 0 radical (unpaired) electrons. The van der Waals surface area contributed by atoms with Crippen molar-refractivity contribution in [2.75, 3.05) is 0 Å². The van der Waals surface area contributed by atoms with Crippen LogP contribution in [0.15, 0.2) is 6.20 Å². The van der Waals surface area contributed by atoms with Crippen molar-refractivity contribution < 1.29 is 10.0 Å². The molecule has 6 nitrogen and oxygen atoms in total. The summed E-state index contributed by atoms with van der Waals surface area (Å²) in [6, 6.07) is 0. The summed E-state index contributed by atoms with van der Waals surface area (Å²) < 4.78 is 0. The van der Waals surface area contributed by atoms with E-state index in [4.69, 9.17) is 0 Å². The number of aromatic nitrogens is 2. The van der Waals surface area contributed by atoms with Crippen LogP contribution in [0, 0.1) is 22.0 Å². The lowest BCUT2D eigenvalue weighted by molar-refractivity contribution is -0.386.